The second-order valence-corrected chi connectivity index (χ2v) is 4.29. The van der Waals surface area contributed by atoms with Gasteiger partial charge in [-0.25, -0.2) is 4.79 Å². The van der Waals surface area contributed by atoms with Crippen molar-refractivity contribution in [1.29, 1.82) is 0 Å². The molecule has 1 aromatic carbocycles. The van der Waals surface area contributed by atoms with Crippen LogP contribution in [0.15, 0.2) is 10.5 Å². The van der Waals surface area contributed by atoms with E-state index in [0.717, 1.165) is 11.1 Å². The zero-order chi connectivity index (χ0) is 12.5. The Labute approximate surface area is 102 Å². The Balaban J connectivity index is 3.30. The summed E-state index contributed by atoms with van der Waals surface area (Å²) >= 11 is 3.21. The summed E-state index contributed by atoms with van der Waals surface area (Å²) in [5, 5.41) is 19.5. The smallest absolute Gasteiger partial charge is 0.339 e. The molecule has 0 amide bonds. The predicted octanol–water partition coefficient (Wildman–Crippen LogP) is 1.98. The normalized spacial score (nSPS) is 12.3. The number of aryl methyl sites for hydroxylation is 1. The maximum absolute atomic E-state index is 11.2. The number of rotatable bonds is 2. The number of hydrogen-bond donors (Lipinski definition) is 2. The van der Waals surface area contributed by atoms with Gasteiger partial charge in [-0.15, -0.1) is 0 Å². The molecule has 1 unspecified atom stereocenters. The molecule has 0 radical (unpaired) electrons. The SMILES string of the molecule is COC(=O)C(O)c1cc(C)c(C)c(Br)c1O. The number of ether oxygens (including phenoxy) is 1. The van der Waals surface area contributed by atoms with Crippen LogP contribution in [0.2, 0.25) is 0 Å². The van der Waals surface area contributed by atoms with Crippen LogP contribution in [0.25, 0.3) is 0 Å². The zero-order valence-electron chi connectivity index (χ0n) is 9.24. The molecule has 88 valence electrons. The first-order valence-electron chi connectivity index (χ1n) is 4.64. The topological polar surface area (TPSA) is 66.8 Å². The number of aromatic hydroxyl groups is 1. The standard InChI is InChI=1S/C11H13BrO4/c1-5-4-7(10(14)11(15)16-3)9(13)8(12)6(5)2/h4,10,13-14H,1-3H3. The number of phenolic OH excluding ortho intramolecular Hbond substituents is 1. The van der Waals surface area contributed by atoms with E-state index in [1.807, 2.05) is 13.8 Å². The van der Waals surface area contributed by atoms with Crippen molar-refractivity contribution in [2.75, 3.05) is 7.11 Å². The van der Waals surface area contributed by atoms with Crippen molar-refractivity contribution in [3.8, 4) is 5.75 Å². The van der Waals surface area contributed by atoms with Crippen molar-refractivity contribution in [3.63, 3.8) is 0 Å². The summed E-state index contributed by atoms with van der Waals surface area (Å²) in [7, 11) is 1.18. The average molecular weight is 289 g/mol. The van der Waals surface area contributed by atoms with Gasteiger partial charge in [0.2, 0.25) is 0 Å². The number of benzene rings is 1. The van der Waals surface area contributed by atoms with Gasteiger partial charge < -0.3 is 14.9 Å². The Morgan fingerprint density at radius 3 is 2.56 bits per heavy atom. The molecule has 0 saturated carbocycles. The average Bonchev–Trinajstić information content (AvgIpc) is 2.29. The molecule has 0 fully saturated rings. The van der Waals surface area contributed by atoms with E-state index in [4.69, 9.17) is 0 Å². The van der Waals surface area contributed by atoms with Crippen molar-refractivity contribution < 1.29 is 19.7 Å². The zero-order valence-corrected chi connectivity index (χ0v) is 10.8. The maximum atomic E-state index is 11.2. The number of carbonyl (C=O) groups excluding carboxylic acids is 1. The van der Waals surface area contributed by atoms with Crippen LogP contribution in [-0.4, -0.2) is 23.3 Å². The molecule has 1 aromatic rings. The molecule has 1 atom stereocenters. The molecule has 5 heteroatoms. The Hall–Kier alpha value is -1.07. The van der Waals surface area contributed by atoms with Crippen molar-refractivity contribution >= 4 is 21.9 Å². The van der Waals surface area contributed by atoms with Gasteiger partial charge in [-0.05, 0) is 47.0 Å². The van der Waals surface area contributed by atoms with Gasteiger partial charge in [0.05, 0.1) is 11.6 Å². The molecule has 0 aliphatic rings. The minimum absolute atomic E-state index is 0.138. The highest BCUT2D eigenvalue weighted by molar-refractivity contribution is 9.10. The minimum atomic E-state index is -1.47. The van der Waals surface area contributed by atoms with E-state index in [0.29, 0.717) is 4.47 Å². The first kappa shape index (κ1) is 13.0. The summed E-state index contributed by atoms with van der Waals surface area (Å²) in [5.41, 5.74) is 1.86. The van der Waals surface area contributed by atoms with Crippen LogP contribution >= 0.6 is 15.9 Å². The summed E-state index contributed by atoms with van der Waals surface area (Å²) in [6, 6.07) is 1.57. The molecule has 0 aliphatic heterocycles. The third kappa shape index (κ3) is 2.20. The van der Waals surface area contributed by atoms with Crippen LogP contribution < -0.4 is 0 Å². The van der Waals surface area contributed by atoms with Crippen LogP contribution in [0.3, 0.4) is 0 Å². The summed E-state index contributed by atoms with van der Waals surface area (Å²) < 4.78 is 4.89. The molecule has 0 heterocycles. The number of phenols is 1. The number of aliphatic hydroxyl groups excluding tert-OH is 1. The Morgan fingerprint density at radius 1 is 1.50 bits per heavy atom. The molecule has 0 aromatic heterocycles. The van der Waals surface area contributed by atoms with Gasteiger partial charge in [0.1, 0.15) is 5.75 Å². The minimum Gasteiger partial charge on any atom is -0.506 e. The second kappa shape index (κ2) is 4.84. The third-order valence-electron chi connectivity index (χ3n) is 2.49. The highest BCUT2D eigenvalue weighted by Crippen LogP contribution is 2.36. The molecule has 16 heavy (non-hydrogen) atoms. The maximum Gasteiger partial charge on any atom is 0.339 e. The van der Waals surface area contributed by atoms with Crippen LogP contribution in [0.5, 0.6) is 5.75 Å². The van der Waals surface area contributed by atoms with Gasteiger partial charge in [-0.1, -0.05) is 0 Å². The van der Waals surface area contributed by atoms with E-state index >= 15 is 0 Å². The van der Waals surface area contributed by atoms with E-state index in [-0.39, 0.29) is 11.3 Å². The van der Waals surface area contributed by atoms with E-state index in [2.05, 4.69) is 20.7 Å². The Kier molecular flexibility index (Phi) is 3.93. The molecular weight excluding hydrogens is 276 g/mol. The van der Waals surface area contributed by atoms with Crippen molar-refractivity contribution in [3.05, 3.63) is 27.2 Å². The summed E-state index contributed by atoms with van der Waals surface area (Å²) in [5.74, 6) is -0.938. The van der Waals surface area contributed by atoms with Crippen LogP contribution in [0, 0.1) is 13.8 Å². The molecule has 1 rings (SSSR count). The van der Waals surface area contributed by atoms with E-state index in [1.165, 1.54) is 7.11 Å². The number of halogens is 1. The lowest BCUT2D eigenvalue weighted by Gasteiger charge is -2.14. The fraction of sp³-hybridized carbons (Fsp3) is 0.364. The molecular formula is C11H13BrO4. The van der Waals surface area contributed by atoms with E-state index in [9.17, 15) is 15.0 Å². The van der Waals surface area contributed by atoms with Crippen LogP contribution in [-0.2, 0) is 9.53 Å². The monoisotopic (exact) mass is 288 g/mol. The van der Waals surface area contributed by atoms with E-state index < -0.39 is 12.1 Å². The number of methoxy groups -OCH3 is 1. The lowest BCUT2D eigenvalue weighted by Crippen LogP contribution is -2.14. The van der Waals surface area contributed by atoms with Gasteiger partial charge in [-0.3, -0.25) is 0 Å². The van der Waals surface area contributed by atoms with Gasteiger partial charge >= 0.3 is 5.97 Å². The Morgan fingerprint density at radius 2 is 2.06 bits per heavy atom. The highest BCUT2D eigenvalue weighted by Gasteiger charge is 2.24. The summed E-state index contributed by atoms with van der Waals surface area (Å²) in [4.78, 5) is 11.2. The molecule has 4 nitrogen and oxygen atoms in total. The van der Waals surface area contributed by atoms with Gasteiger partial charge in [0.25, 0.3) is 0 Å². The first-order valence-corrected chi connectivity index (χ1v) is 5.43. The number of esters is 1. The molecule has 0 bridgehead atoms. The number of aliphatic hydroxyl groups is 1. The summed E-state index contributed by atoms with van der Waals surface area (Å²) in [6.45, 7) is 3.65. The molecule has 0 saturated heterocycles. The fourth-order valence-corrected chi connectivity index (χ4v) is 1.88. The van der Waals surface area contributed by atoms with Gasteiger partial charge in [-0.2, -0.15) is 0 Å². The number of hydrogen-bond acceptors (Lipinski definition) is 4. The second-order valence-electron chi connectivity index (χ2n) is 3.50. The molecule has 2 N–H and O–H groups in total. The molecule has 0 spiro atoms. The van der Waals surface area contributed by atoms with Gasteiger partial charge in [0.15, 0.2) is 6.10 Å². The van der Waals surface area contributed by atoms with Crippen LogP contribution in [0.1, 0.15) is 22.8 Å². The highest BCUT2D eigenvalue weighted by atomic mass is 79.9. The van der Waals surface area contributed by atoms with Crippen molar-refractivity contribution in [2.45, 2.75) is 20.0 Å². The van der Waals surface area contributed by atoms with Crippen LogP contribution in [0.4, 0.5) is 0 Å². The largest absolute Gasteiger partial charge is 0.506 e. The lowest BCUT2D eigenvalue weighted by molar-refractivity contribution is -0.150. The Bertz CT molecular complexity index is 428. The quantitative estimate of drug-likeness (QED) is 0.817. The van der Waals surface area contributed by atoms with Gasteiger partial charge in [0, 0.05) is 5.56 Å². The lowest BCUT2D eigenvalue weighted by atomic mass is 10.0. The summed E-state index contributed by atoms with van der Waals surface area (Å²) in [6.07, 6.45) is -1.47. The fourth-order valence-electron chi connectivity index (χ4n) is 1.33. The number of carbonyl (C=O) groups is 1. The molecule has 0 aliphatic carbocycles. The third-order valence-corrected chi connectivity index (χ3v) is 3.46. The van der Waals surface area contributed by atoms with Crippen molar-refractivity contribution in [1.82, 2.24) is 0 Å². The van der Waals surface area contributed by atoms with E-state index in [1.54, 1.807) is 6.07 Å². The van der Waals surface area contributed by atoms with Crippen molar-refractivity contribution in [2.24, 2.45) is 0 Å². The first-order chi connectivity index (χ1) is 7.40. The predicted molar refractivity (Wildman–Crippen MR) is 62.3 cm³/mol.